The van der Waals surface area contributed by atoms with Gasteiger partial charge in [0.2, 0.25) is 0 Å². The minimum Gasteiger partial charge on any atom is -0.326 e. The molecule has 2 nitrogen and oxygen atoms in total. The maximum atomic E-state index is 5.78. The van der Waals surface area contributed by atoms with Gasteiger partial charge in [0.05, 0.1) is 10.7 Å². The fourth-order valence-corrected chi connectivity index (χ4v) is 3.98. The Labute approximate surface area is 114 Å². The number of aryl methyl sites for hydroxylation is 2. The normalized spacial score (nSPS) is 11.3. The quantitative estimate of drug-likeness (QED) is 0.764. The lowest BCUT2D eigenvalue weighted by molar-refractivity contribution is 1.09. The first-order valence-electron chi connectivity index (χ1n) is 5.83. The number of thiophene rings is 1. The Morgan fingerprint density at radius 1 is 1.28 bits per heavy atom. The fourth-order valence-electron chi connectivity index (χ4n) is 2.18. The van der Waals surface area contributed by atoms with E-state index in [0.717, 1.165) is 10.7 Å². The van der Waals surface area contributed by atoms with Crippen LogP contribution in [0.3, 0.4) is 0 Å². The van der Waals surface area contributed by atoms with E-state index in [1.807, 2.05) is 0 Å². The largest absolute Gasteiger partial charge is 0.326 e. The second-order valence-corrected chi connectivity index (χ2v) is 6.63. The summed E-state index contributed by atoms with van der Waals surface area (Å²) < 4.78 is 1.30. The van der Waals surface area contributed by atoms with Crippen molar-refractivity contribution in [3.05, 3.63) is 39.0 Å². The van der Waals surface area contributed by atoms with Crippen LogP contribution in [0.5, 0.6) is 0 Å². The molecule has 4 heteroatoms. The van der Waals surface area contributed by atoms with Crippen LogP contribution in [0.2, 0.25) is 0 Å². The zero-order valence-corrected chi connectivity index (χ0v) is 12.0. The third kappa shape index (κ3) is 1.86. The molecular weight excluding hydrogens is 260 g/mol. The highest BCUT2D eigenvalue weighted by atomic mass is 32.1. The Morgan fingerprint density at radius 3 is 2.78 bits per heavy atom. The number of nitrogens with two attached hydrogens (primary N) is 1. The van der Waals surface area contributed by atoms with E-state index in [0.29, 0.717) is 6.54 Å². The molecule has 0 spiro atoms. The molecule has 0 aliphatic carbocycles. The number of hydrogen-bond acceptors (Lipinski definition) is 4. The topological polar surface area (TPSA) is 38.9 Å². The van der Waals surface area contributed by atoms with E-state index in [2.05, 4.69) is 42.4 Å². The maximum Gasteiger partial charge on any atom is 0.0904 e. The molecule has 1 aromatic carbocycles. The Kier molecular flexibility index (Phi) is 2.93. The molecule has 18 heavy (non-hydrogen) atoms. The van der Waals surface area contributed by atoms with Crippen molar-refractivity contribution < 1.29 is 0 Å². The average Bonchev–Trinajstić information content (AvgIpc) is 2.91. The van der Waals surface area contributed by atoms with Gasteiger partial charge < -0.3 is 5.73 Å². The standard InChI is InChI=1S/C14H14N2S2/c1-8-14(16-9(2)18-8)10-3-4-13-12(5-10)11(6-15)7-17-13/h3-5,7H,6,15H2,1-2H3. The van der Waals surface area contributed by atoms with Crippen LogP contribution in [0, 0.1) is 13.8 Å². The summed E-state index contributed by atoms with van der Waals surface area (Å²) in [5.41, 5.74) is 9.30. The summed E-state index contributed by atoms with van der Waals surface area (Å²) in [6, 6.07) is 6.54. The molecule has 0 radical (unpaired) electrons. The highest BCUT2D eigenvalue weighted by molar-refractivity contribution is 7.17. The SMILES string of the molecule is Cc1nc(-c2ccc3scc(CN)c3c2)c(C)s1. The number of thiazole rings is 1. The van der Waals surface area contributed by atoms with Crippen molar-refractivity contribution in [1.82, 2.24) is 4.98 Å². The van der Waals surface area contributed by atoms with E-state index in [1.165, 1.54) is 26.1 Å². The van der Waals surface area contributed by atoms with Crippen LogP contribution in [0.25, 0.3) is 21.3 Å². The number of rotatable bonds is 2. The van der Waals surface area contributed by atoms with E-state index >= 15 is 0 Å². The fraction of sp³-hybridized carbons (Fsp3) is 0.214. The molecule has 92 valence electrons. The van der Waals surface area contributed by atoms with Crippen molar-refractivity contribution in [2.45, 2.75) is 20.4 Å². The van der Waals surface area contributed by atoms with E-state index in [9.17, 15) is 0 Å². The van der Waals surface area contributed by atoms with Crippen molar-refractivity contribution in [2.75, 3.05) is 0 Å². The van der Waals surface area contributed by atoms with Crippen molar-refractivity contribution in [3.63, 3.8) is 0 Å². The van der Waals surface area contributed by atoms with Gasteiger partial charge >= 0.3 is 0 Å². The average molecular weight is 274 g/mol. The van der Waals surface area contributed by atoms with Crippen molar-refractivity contribution in [1.29, 1.82) is 0 Å². The van der Waals surface area contributed by atoms with Gasteiger partial charge in [-0.2, -0.15) is 0 Å². The van der Waals surface area contributed by atoms with Crippen LogP contribution in [-0.4, -0.2) is 4.98 Å². The van der Waals surface area contributed by atoms with E-state index in [4.69, 9.17) is 5.73 Å². The number of hydrogen-bond donors (Lipinski definition) is 1. The molecule has 3 rings (SSSR count). The molecule has 2 aromatic heterocycles. The first kappa shape index (κ1) is 11.8. The summed E-state index contributed by atoms with van der Waals surface area (Å²) >= 11 is 3.50. The van der Waals surface area contributed by atoms with Gasteiger partial charge in [-0.1, -0.05) is 6.07 Å². The minimum atomic E-state index is 0.596. The lowest BCUT2D eigenvalue weighted by Crippen LogP contribution is -1.94. The molecule has 3 aromatic rings. The summed E-state index contributed by atoms with van der Waals surface area (Å²) in [6.45, 7) is 4.77. The van der Waals surface area contributed by atoms with E-state index < -0.39 is 0 Å². The molecule has 0 saturated carbocycles. The highest BCUT2D eigenvalue weighted by Gasteiger charge is 2.10. The molecule has 0 bridgehead atoms. The van der Waals surface area contributed by atoms with Crippen LogP contribution in [0.4, 0.5) is 0 Å². The molecule has 2 N–H and O–H groups in total. The number of benzene rings is 1. The van der Waals surface area contributed by atoms with Crippen LogP contribution in [0.15, 0.2) is 23.6 Å². The minimum absolute atomic E-state index is 0.596. The first-order valence-corrected chi connectivity index (χ1v) is 7.53. The summed E-state index contributed by atoms with van der Waals surface area (Å²) in [6.07, 6.45) is 0. The Balaban J connectivity index is 2.20. The zero-order valence-electron chi connectivity index (χ0n) is 10.4. The lowest BCUT2D eigenvalue weighted by Gasteiger charge is -2.01. The molecule has 0 unspecified atom stereocenters. The van der Waals surface area contributed by atoms with Crippen LogP contribution in [0.1, 0.15) is 15.4 Å². The first-order chi connectivity index (χ1) is 8.69. The van der Waals surface area contributed by atoms with Crippen LogP contribution < -0.4 is 5.73 Å². The predicted octanol–water partition coefficient (Wildman–Crippen LogP) is 4.10. The molecule has 2 heterocycles. The van der Waals surface area contributed by atoms with E-state index in [1.54, 1.807) is 22.7 Å². The predicted molar refractivity (Wildman–Crippen MR) is 80.3 cm³/mol. The Morgan fingerprint density at radius 2 is 2.11 bits per heavy atom. The summed E-state index contributed by atoms with van der Waals surface area (Å²) in [5, 5.41) is 4.53. The third-order valence-electron chi connectivity index (χ3n) is 3.05. The lowest BCUT2D eigenvalue weighted by atomic mass is 10.1. The molecule has 0 amide bonds. The van der Waals surface area contributed by atoms with Crippen LogP contribution >= 0.6 is 22.7 Å². The van der Waals surface area contributed by atoms with Crippen molar-refractivity contribution in [3.8, 4) is 11.3 Å². The third-order valence-corrected chi connectivity index (χ3v) is 4.95. The van der Waals surface area contributed by atoms with Gasteiger partial charge in [-0.3, -0.25) is 0 Å². The molecule has 0 aliphatic rings. The van der Waals surface area contributed by atoms with Gasteiger partial charge in [0.25, 0.3) is 0 Å². The number of aromatic nitrogens is 1. The smallest absolute Gasteiger partial charge is 0.0904 e. The summed E-state index contributed by atoms with van der Waals surface area (Å²) in [5.74, 6) is 0. The van der Waals surface area contributed by atoms with Gasteiger partial charge in [-0.05, 0) is 42.3 Å². The number of fused-ring (bicyclic) bond motifs is 1. The van der Waals surface area contributed by atoms with Crippen molar-refractivity contribution >= 4 is 32.8 Å². The van der Waals surface area contributed by atoms with Crippen LogP contribution in [-0.2, 0) is 6.54 Å². The zero-order chi connectivity index (χ0) is 12.7. The van der Waals surface area contributed by atoms with Gasteiger partial charge in [0.15, 0.2) is 0 Å². The van der Waals surface area contributed by atoms with Gasteiger partial charge in [0.1, 0.15) is 0 Å². The van der Waals surface area contributed by atoms with Gasteiger partial charge in [-0.15, -0.1) is 22.7 Å². The van der Waals surface area contributed by atoms with Gasteiger partial charge in [0, 0.05) is 21.7 Å². The van der Waals surface area contributed by atoms with Gasteiger partial charge in [-0.25, -0.2) is 4.98 Å². The maximum absolute atomic E-state index is 5.78. The number of nitrogens with zero attached hydrogens (tertiary/aromatic N) is 1. The monoisotopic (exact) mass is 274 g/mol. The Hall–Kier alpha value is -1.23. The summed E-state index contributed by atoms with van der Waals surface area (Å²) in [4.78, 5) is 5.89. The molecule has 0 saturated heterocycles. The Bertz CT molecular complexity index is 710. The van der Waals surface area contributed by atoms with E-state index in [-0.39, 0.29) is 0 Å². The second-order valence-electron chi connectivity index (χ2n) is 4.31. The highest BCUT2D eigenvalue weighted by Crippen LogP contribution is 2.33. The molecule has 0 fully saturated rings. The summed E-state index contributed by atoms with van der Waals surface area (Å²) in [7, 11) is 0. The second kappa shape index (κ2) is 4.46. The molecule has 0 aliphatic heterocycles. The molecule has 0 atom stereocenters. The molecular formula is C14H14N2S2. The van der Waals surface area contributed by atoms with Crippen molar-refractivity contribution in [2.24, 2.45) is 5.73 Å².